The van der Waals surface area contributed by atoms with Crippen LogP contribution in [-0.2, 0) is 0 Å². The first-order valence-corrected chi connectivity index (χ1v) is 9.02. The SMILES string of the molecule is CCN=c1scc(-c2ccc(O)c(C(N)=O)c2)n1N=Cc1ccccc1F. The fraction of sp³-hybridized carbons (Fsp3) is 0.105. The maximum atomic E-state index is 13.9. The van der Waals surface area contributed by atoms with Gasteiger partial charge in [0.15, 0.2) is 0 Å². The Morgan fingerprint density at radius 3 is 2.81 bits per heavy atom. The Labute approximate surface area is 158 Å². The van der Waals surface area contributed by atoms with Gasteiger partial charge in [-0.1, -0.05) is 18.2 Å². The van der Waals surface area contributed by atoms with Gasteiger partial charge in [-0.25, -0.2) is 9.07 Å². The molecular weight excluding hydrogens is 367 g/mol. The number of nitrogens with two attached hydrogens (primary N) is 1. The first-order chi connectivity index (χ1) is 13.0. The normalized spacial score (nSPS) is 12.0. The largest absolute Gasteiger partial charge is 0.507 e. The van der Waals surface area contributed by atoms with Gasteiger partial charge in [0.1, 0.15) is 11.6 Å². The molecule has 27 heavy (non-hydrogen) atoms. The lowest BCUT2D eigenvalue weighted by atomic mass is 10.1. The van der Waals surface area contributed by atoms with Crippen molar-refractivity contribution in [1.29, 1.82) is 0 Å². The summed E-state index contributed by atoms with van der Waals surface area (Å²) in [7, 11) is 0. The number of carbonyl (C=O) groups is 1. The highest BCUT2D eigenvalue weighted by molar-refractivity contribution is 7.07. The summed E-state index contributed by atoms with van der Waals surface area (Å²) in [5.74, 6) is -1.31. The van der Waals surface area contributed by atoms with Crippen molar-refractivity contribution in [3.8, 4) is 17.0 Å². The fourth-order valence-electron chi connectivity index (χ4n) is 2.45. The number of nitrogens with zero attached hydrogens (tertiary/aromatic N) is 3. The molecular formula is C19H17FN4O2S. The Bertz CT molecular complexity index is 1090. The number of phenols is 1. The van der Waals surface area contributed by atoms with Crippen molar-refractivity contribution in [3.63, 3.8) is 0 Å². The number of benzene rings is 2. The maximum absolute atomic E-state index is 13.9. The molecule has 0 aliphatic heterocycles. The second-order valence-corrected chi connectivity index (χ2v) is 6.39. The predicted molar refractivity (Wildman–Crippen MR) is 103 cm³/mol. The number of aromatic nitrogens is 1. The summed E-state index contributed by atoms with van der Waals surface area (Å²) in [6.45, 7) is 2.45. The van der Waals surface area contributed by atoms with Crippen LogP contribution >= 0.6 is 11.3 Å². The number of halogens is 1. The summed E-state index contributed by atoms with van der Waals surface area (Å²) in [5, 5.41) is 16.0. The second kappa shape index (κ2) is 7.96. The molecule has 3 aromatic rings. The van der Waals surface area contributed by atoms with E-state index >= 15 is 0 Å². The van der Waals surface area contributed by atoms with Crippen molar-refractivity contribution in [1.82, 2.24) is 4.68 Å². The van der Waals surface area contributed by atoms with E-state index in [0.717, 1.165) is 0 Å². The van der Waals surface area contributed by atoms with E-state index in [1.165, 1.54) is 35.8 Å². The number of primary amides is 1. The molecule has 0 aliphatic rings. The number of carbonyl (C=O) groups excluding carboxylic acids is 1. The smallest absolute Gasteiger partial charge is 0.252 e. The van der Waals surface area contributed by atoms with Crippen LogP contribution in [-0.4, -0.2) is 28.4 Å². The molecule has 0 unspecified atom stereocenters. The number of hydrogen-bond acceptors (Lipinski definition) is 5. The van der Waals surface area contributed by atoms with Crippen molar-refractivity contribution in [3.05, 3.63) is 69.6 Å². The van der Waals surface area contributed by atoms with Crippen LogP contribution in [0, 0.1) is 5.82 Å². The molecule has 0 saturated heterocycles. The van der Waals surface area contributed by atoms with E-state index in [2.05, 4.69) is 10.1 Å². The molecule has 0 atom stereocenters. The zero-order chi connectivity index (χ0) is 19.4. The third-order valence-electron chi connectivity index (χ3n) is 3.75. The van der Waals surface area contributed by atoms with E-state index in [9.17, 15) is 14.3 Å². The first kappa shape index (κ1) is 18.5. The van der Waals surface area contributed by atoms with Gasteiger partial charge < -0.3 is 10.8 Å². The van der Waals surface area contributed by atoms with E-state index in [4.69, 9.17) is 5.73 Å². The molecule has 1 heterocycles. The van der Waals surface area contributed by atoms with E-state index in [0.29, 0.717) is 28.2 Å². The number of aromatic hydroxyl groups is 1. The summed E-state index contributed by atoms with van der Waals surface area (Å²) < 4.78 is 15.4. The lowest BCUT2D eigenvalue weighted by Gasteiger charge is -2.06. The zero-order valence-electron chi connectivity index (χ0n) is 14.5. The summed E-state index contributed by atoms with van der Waals surface area (Å²) in [5.41, 5.74) is 6.93. The third-order valence-corrected chi connectivity index (χ3v) is 4.61. The molecule has 138 valence electrons. The predicted octanol–water partition coefficient (Wildman–Crippen LogP) is 2.96. The van der Waals surface area contributed by atoms with Crippen molar-refractivity contribution in [2.75, 3.05) is 6.54 Å². The summed E-state index contributed by atoms with van der Waals surface area (Å²) in [4.78, 5) is 16.5. The molecule has 3 N–H and O–H groups in total. The molecule has 2 aromatic carbocycles. The van der Waals surface area contributed by atoms with Crippen molar-refractivity contribution >= 4 is 23.5 Å². The molecule has 6 nitrogen and oxygen atoms in total. The molecule has 1 aromatic heterocycles. The Morgan fingerprint density at radius 1 is 1.33 bits per heavy atom. The van der Waals surface area contributed by atoms with E-state index in [1.807, 2.05) is 12.3 Å². The minimum absolute atomic E-state index is 0.0114. The highest BCUT2D eigenvalue weighted by Crippen LogP contribution is 2.26. The second-order valence-electron chi connectivity index (χ2n) is 5.55. The van der Waals surface area contributed by atoms with Crippen LogP contribution in [0.25, 0.3) is 11.3 Å². The van der Waals surface area contributed by atoms with Crippen LogP contribution in [0.4, 0.5) is 4.39 Å². The minimum atomic E-state index is -0.732. The lowest BCUT2D eigenvalue weighted by molar-refractivity contribution is 0.0998. The fourth-order valence-corrected chi connectivity index (χ4v) is 3.35. The van der Waals surface area contributed by atoms with Gasteiger partial charge in [0, 0.05) is 23.1 Å². The third kappa shape index (κ3) is 3.95. The maximum Gasteiger partial charge on any atom is 0.252 e. The molecule has 0 bridgehead atoms. The van der Waals surface area contributed by atoms with Crippen molar-refractivity contribution < 1.29 is 14.3 Å². The van der Waals surface area contributed by atoms with Crippen LogP contribution in [0.3, 0.4) is 0 Å². The Balaban J connectivity index is 2.13. The molecule has 0 aliphatic carbocycles. The highest BCUT2D eigenvalue weighted by Gasteiger charge is 2.13. The minimum Gasteiger partial charge on any atom is -0.507 e. The number of rotatable bonds is 5. The van der Waals surface area contributed by atoms with Gasteiger partial charge in [-0.3, -0.25) is 9.79 Å². The molecule has 0 fully saturated rings. The van der Waals surface area contributed by atoms with Crippen molar-refractivity contribution in [2.24, 2.45) is 15.8 Å². The molecule has 3 rings (SSSR count). The average Bonchev–Trinajstić information content (AvgIpc) is 3.04. The Hall–Kier alpha value is -3.26. The standard InChI is InChI=1S/C19H17FN4O2S/c1-2-22-19-24(23-10-13-5-3-4-6-15(13)20)16(11-27-19)12-7-8-17(25)14(9-12)18(21)26/h3-11,25H,2H2,1H3,(H2,21,26). The van der Waals surface area contributed by atoms with Gasteiger partial charge in [0.05, 0.1) is 17.5 Å². The van der Waals surface area contributed by atoms with Gasteiger partial charge >= 0.3 is 0 Å². The van der Waals surface area contributed by atoms with Gasteiger partial charge in [-0.15, -0.1) is 11.3 Å². The summed E-state index contributed by atoms with van der Waals surface area (Å²) >= 11 is 1.36. The van der Waals surface area contributed by atoms with Crippen LogP contribution in [0.2, 0.25) is 0 Å². The molecule has 8 heteroatoms. The Kier molecular flexibility index (Phi) is 5.46. The topological polar surface area (TPSA) is 93.0 Å². The van der Waals surface area contributed by atoms with Crippen LogP contribution in [0.15, 0.2) is 57.9 Å². The quantitative estimate of drug-likeness (QED) is 0.662. The average molecular weight is 384 g/mol. The van der Waals surface area contributed by atoms with Crippen LogP contribution in [0.1, 0.15) is 22.8 Å². The van der Waals surface area contributed by atoms with Gasteiger partial charge in [0.25, 0.3) is 5.91 Å². The van der Waals surface area contributed by atoms with E-state index in [1.54, 1.807) is 28.9 Å². The van der Waals surface area contributed by atoms with Crippen LogP contribution in [0.5, 0.6) is 5.75 Å². The first-order valence-electron chi connectivity index (χ1n) is 8.14. The van der Waals surface area contributed by atoms with Crippen molar-refractivity contribution in [2.45, 2.75) is 6.92 Å². The summed E-state index contributed by atoms with van der Waals surface area (Å²) in [6, 6.07) is 10.8. The van der Waals surface area contributed by atoms with Gasteiger partial charge in [0.2, 0.25) is 4.80 Å². The zero-order valence-corrected chi connectivity index (χ0v) is 15.3. The van der Waals surface area contributed by atoms with E-state index in [-0.39, 0.29) is 17.1 Å². The number of thiazole rings is 1. The molecule has 0 spiro atoms. The monoisotopic (exact) mass is 384 g/mol. The van der Waals surface area contributed by atoms with Gasteiger partial charge in [-0.05, 0) is 31.2 Å². The number of hydrogen-bond donors (Lipinski definition) is 2. The van der Waals surface area contributed by atoms with Crippen LogP contribution < -0.4 is 10.5 Å². The Morgan fingerprint density at radius 2 is 2.11 bits per heavy atom. The summed E-state index contributed by atoms with van der Waals surface area (Å²) in [6.07, 6.45) is 1.41. The van der Waals surface area contributed by atoms with E-state index < -0.39 is 5.91 Å². The number of amides is 1. The lowest BCUT2D eigenvalue weighted by Crippen LogP contribution is -2.13. The van der Waals surface area contributed by atoms with Gasteiger partial charge in [-0.2, -0.15) is 5.10 Å². The molecule has 1 amide bonds. The molecule has 0 saturated carbocycles. The molecule has 0 radical (unpaired) electrons. The highest BCUT2D eigenvalue weighted by atomic mass is 32.1.